The molecule has 0 amide bonds. The van der Waals surface area contributed by atoms with Crippen molar-refractivity contribution in [2.75, 3.05) is 5.32 Å². The van der Waals surface area contributed by atoms with Gasteiger partial charge in [-0.25, -0.2) is 0 Å². The Morgan fingerprint density at radius 2 is 1.96 bits per heavy atom. The van der Waals surface area contributed by atoms with Gasteiger partial charge in [-0.15, -0.1) is 10.2 Å². The number of aromatic nitrogens is 2. The van der Waals surface area contributed by atoms with E-state index >= 15 is 0 Å². The molecule has 0 unspecified atom stereocenters. The van der Waals surface area contributed by atoms with Crippen LogP contribution in [-0.4, -0.2) is 10.2 Å². The molecular formula is C17H15Cl2N3S2. The highest BCUT2D eigenvalue weighted by Crippen LogP contribution is 2.33. The highest BCUT2D eigenvalue weighted by molar-refractivity contribution is 8.00. The van der Waals surface area contributed by atoms with Gasteiger partial charge in [-0.05, 0) is 48.7 Å². The second-order valence-electron chi connectivity index (χ2n) is 5.27. The number of halogens is 2. The van der Waals surface area contributed by atoms with Crippen molar-refractivity contribution in [3.63, 3.8) is 0 Å². The van der Waals surface area contributed by atoms with Crippen LogP contribution in [0.25, 0.3) is 0 Å². The molecule has 2 aromatic carbocycles. The monoisotopic (exact) mass is 395 g/mol. The molecule has 124 valence electrons. The lowest BCUT2D eigenvalue weighted by Crippen LogP contribution is -1.94. The van der Waals surface area contributed by atoms with Gasteiger partial charge in [0.2, 0.25) is 5.13 Å². The summed E-state index contributed by atoms with van der Waals surface area (Å²) in [7, 11) is 0. The van der Waals surface area contributed by atoms with Crippen molar-refractivity contribution in [3.8, 4) is 0 Å². The number of hydrogen-bond donors (Lipinski definition) is 1. The van der Waals surface area contributed by atoms with Crippen LogP contribution < -0.4 is 5.32 Å². The fourth-order valence-electron chi connectivity index (χ4n) is 2.10. The van der Waals surface area contributed by atoms with Crippen LogP contribution in [0.15, 0.2) is 40.7 Å². The van der Waals surface area contributed by atoms with E-state index in [1.54, 1.807) is 17.8 Å². The van der Waals surface area contributed by atoms with Crippen molar-refractivity contribution in [3.05, 3.63) is 63.1 Å². The molecule has 1 heterocycles. The summed E-state index contributed by atoms with van der Waals surface area (Å²) < 4.78 is 0.897. The number of rotatable bonds is 5. The Morgan fingerprint density at radius 1 is 1.12 bits per heavy atom. The first-order valence-electron chi connectivity index (χ1n) is 7.26. The zero-order chi connectivity index (χ0) is 17.1. The van der Waals surface area contributed by atoms with Gasteiger partial charge in [-0.3, -0.25) is 0 Å². The third kappa shape index (κ3) is 4.22. The van der Waals surface area contributed by atoms with Crippen LogP contribution in [-0.2, 0) is 5.75 Å². The van der Waals surface area contributed by atoms with Crippen molar-refractivity contribution in [1.82, 2.24) is 10.2 Å². The Kier molecular flexibility index (Phi) is 5.66. The number of aryl methyl sites for hydroxylation is 1. The first kappa shape index (κ1) is 17.5. The van der Waals surface area contributed by atoms with Crippen molar-refractivity contribution in [2.24, 2.45) is 0 Å². The van der Waals surface area contributed by atoms with Gasteiger partial charge in [0, 0.05) is 21.5 Å². The van der Waals surface area contributed by atoms with Gasteiger partial charge < -0.3 is 5.32 Å². The Bertz CT molecular complexity index is 865. The van der Waals surface area contributed by atoms with Crippen LogP contribution in [0.1, 0.15) is 16.7 Å². The molecule has 3 nitrogen and oxygen atoms in total. The Morgan fingerprint density at radius 3 is 2.75 bits per heavy atom. The maximum atomic E-state index is 6.20. The molecule has 3 rings (SSSR count). The summed E-state index contributed by atoms with van der Waals surface area (Å²) in [5.74, 6) is 0.730. The third-order valence-corrected chi connectivity index (χ3v) is 6.23. The topological polar surface area (TPSA) is 37.8 Å². The van der Waals surface area contributed by atoms with Crippen LogP contribution in [0.2, 0.25) is 10.0 Å². The van der Waals surface area contributed by atoms with E-state index < -0.39 is 0 Å². The molecule has 0 bridgehead atoms. The molecular weight excluding hydrogens is 381 g/mol. The second-order valence-corrected chi connectivity index (χ2v) is 8.31. The fraction of sp³-hybridized carbons (Fsp3) is 0.176. The quantitative estimate of drug-likeness (QED) is 0.500. The molecule has 0 fully saturated rings. The average molecular weight is 396 g/mol. The number of benzene rings is 2. The molecule has 0 saturated carbocycles. The van der Waals surface area contributed by atoms with E-state index in [2.05, 4.69) is 35.4 Å². The van der Waals surface area contributed by atoms with E-state index in [9.17, 15) is 0 Å². The standard InChI is InChI=1S/C17H15Cl2N3S2/c1-10-4-3-5-15(11(10)2)20-16-21-22-17(24-16)23-9-12-6-7-13(18)8-14(12)19/h3-8H,9H2,1-2H3,(H,20,21). The normalized spacial score (nSPS) is 10.8. The Hall–Kier alpha value is -1.27. The second kappa shape index (κ2) is 7.74. The molecule has 1 aromatic heterocycles. The maximum absolute atomic E-state index is 6.20. The number of hydrogen-bond acceptors (Lipinski definition) is 5. The summed E-state index contributed by atoms with van der Waals surface area (Å²) in [5.41, 5.74) is 4.56. The number of anilines is 2. The summed E-state index contributed by atoms with van der Waals surface area (Å²) >= 11 is 15.3. The van der Waals surface area contributed by atoms with Crippen LogP contribution in [0.4, 0.5) is 10.8 Å². The van der Waals surface area contributed by atoms with E-state index in [0.717, 1.165) is 26.5 Å². The first-order chi connectivity index (χ1) is 11.5. The summed E-state index contributed by atoms with van der Waals surface area (Å²) in [4.78, 5) is 0. The van der Waals surface area contributed by atoms with E-state index in [0.29, 0.717) is 10.0 Å². The van der Waals surface area contributed by atoms with Gasteiger partial charge in [0.15, 0.2) is 4.34 Å². The third-order valence-electron chi connectivity index (χ3n) is 3.62. The minimum atomic E-state index is 0.643. The van der Waals surface area contributed by atoms with Crippen molar-refractivity contribution in [1.29, 1.82) is 0 Å². The lowest BCUT2D eigenvalue weighted by molar-refractivity contribution is 1.01. The lowest BCUT2D eigenvalue weighted by Gasteiger charge is -2.08. The lowest BCUT2D eigenvalue weighted by atomic mass is 10.1. The largest absolute Gasteiger partial charge is 0.330 e. The molecule has 1 N–H and O–H groups in total. The average Bonchev–Trinajstić information content (AvgIpc) is 2.99. The number of thioether (sulfide) groups is 1. The zero-order valence-electron chi connectivity index (χ0n) is 13.1. The van der Waals surface area contributed by atoms with Crippen molar-refractivity contribution in [2.45, 2.75) is 23.9 Å². The minimum Gasteiger partial charge on any atom is -0.330 e. The minimum absolute atomic E-state index is 0.643. The molecule has 3 aromatic rings. The number of nitrogens with zero attached hydrogens (tertiary/aromatic N) is 2. The molecule has 0 spiro atoms. The van der Waals surface area contributed by atoms with E-state index in [1.165, 1.54) is 22.5 Å². The summed E-state index contributed by atoms with van der Waals surface area (Å²) in [6, 6.07) is 11.7. The van der Waals surface area contributed by atoms with Gasteiger partial charge >= 0.3 is 0 Å². The zero-order valence-corrected chi connectivity index (χ0v) is 16.3. The molecule has 0 aliphatic carbocycles. The SMILES string of the molecule is Cc1cccc(Nc2nnc(SCc3ccc(Cl)cc3Cl)s2)c1C. The van der Waals surface area contributed by atoms with E-state index in [-0.39, 0.29) is 0 Å². The summed E-state index contributed by atoms with van der Waals surface area (Å²) in [6.07, 6.45) is 0. The predicted octanol–water partition coefficient (Wildman–Crippen LogP) is 6.50. The van der Waals surface area contributed by atoms with Crippen LogP contribution in [0.5, 0.6) is 0 Å². The van der Waals surface area contributed by atoms with Gasteiger partial charge in [0.05, 0.1) is 0 Å². The highest BCUT2D eigenvalue weighted by Gasteiger charge is 2.09. The number of nitrogens with one attached hydrogen (secondary N) is 1. The Labute approximate surface area is 159 Å². The van der Waals surface area contributed by atoms with E-state index in [4.69, 9.17) is 23.2 Å². The van der Waals surface area contributed by atoms with Crippen LogP contribution >= 0.6 is 46.3 Å². The fourth-order valence-corrected chi connectivity index (χ4v) is 4.42. The summed E-state index contributed by atoms with van der Waals surface area (Å²) in [5, 5.41) is 13.9. The highest BCUT2D eigenvalue weighted by atomic mass is 35.5. The maximum Gasteiger partial charge on any atom is 0.210 e. The molecule has 0 aliphatic rings. The van der Waals surface area contributed by atoms with Crippen LogP contribution in [0, 0.1) is 13.8 Å². The summed E-state index contributed by atoms with van der Waals surface area (Å²) in [6.45, 7) is 4.19. The molecule has 0 saturated heterocycles. The van der Waals surface area contributed by atoms with Gasteiger partial charge in [-0.1, -0.05) is 64.5 Å². The van der Waals surface area contributed by atoms with Crippen molar-refractivity contribution < 1.29 is 0 Å². The molecule has 24 heavy (non-hydrogen) atoms. The van der Waals surface area contributed by atoms with E-state index in [1.807, 2.05) is 24.3 Å². The molecule has 0 atom stereocenters. The molecule has 0 radical (unpaired) electrons. The van der Waals surface area contributed by atoms with Gasteiger partial charge in [-0.2, -0.15) is 0 Å². The van der Waals surface area contributed by atoms with Gasteiger partial charge in [0.25, 0.3) is 0 Å². The molecule has 0 aliphatic heterocycles. The first-order valence-corrected chi connectivity index (χ1v) is 9.82. The smallest absolute Gasteiger partial charge is 0.210 e. The Balaban J connectivity index is 1.66. The van der Waals surface area contributed by atoms with Crippen molar-refractivity contribution >= 4 is 57.1 Å². The van der Waals surface area contributed by atoms with Crippen LogP contribution in [0.3, 0.4) is 0 Å². The van der Waals surface area contributed by atoms with Gasteiger partial charge in [0.1, 0.15) is 0 Å². The molecule has 7 heteroatoms. The predicted molar refractivity (Wildman–Crippen MR) is 105 cm³/mol.